The van der Waals surface area contributed by atoms with Crippen LogP contribution in [0.25, 0.3) is 33.3 Å². The number of rotatable bonds is 5. The summed E-state index contributed by atoms with van der Waals surface area (Å²) in [5.74, 6) is 0.0614. The zero-order chi connectivity index (χ0) is 23.1. The quantitative estimate of drug-likeness (QED) is 0.408. The first-order valence-corrected chi connectivity index (χ1v) is 11.0. The minimum atomic E-state index is -0.957. The molecule has 7 heteroatoms. The summed E-state index contributed by atoms with van der Waals surface area (Å²) >= 11 is 0. The Kier molecular flexibility index (Phi) is 6.84. The van der Waals surface area contributed by atoms with Crippen molar-refractivity contribution in [1.29, 1.82) is 0 Å². The van der Waals surface area contributed by atoms with Crippen molar-refractivity contribution in [1.82, 2.24) is 19.5 Å². The second-order valence-corrected chi connectivity index (χ2v) is 8.29. The fraction of sp³-hybridized carbons (Fsp3) is 0.185. The molecule has 1 N–H and O–H groups in total. The number of carbonyl (C=O) groups is 1. The molecule has 5 rings (SSSR count). The number of aromatic nitrogens is 4. The minimum absolute atomic E-state index is 0. The number of carboxylic acid groups (broad SMARTS) is 1. The molecule has 34 heavy (non-hydrogen) atoms. The molecule has 0 atom stereocenters. The third-order valence-corrected chi connectivity index (χ3v) is 5.95. The summed E-state index contributed by atoms with van der Waals surface area (Å²) in [6.45, 7) is 6.88. The van der Waals surface area contributed by atoms with Crippen molar-refractivity contribution >= 4 is 28.0 Å². The average molecular weight is 461 g/mol. The summed E-state index contributed by atoms with van der Waals surface area (Å²) in [5.41, 5.74) is 7.49. The Hall–Kier alpha value is -3.06. The molecule has 166 valence electrons. The molecule has 0 aliphatic rings. The van der Waals surface area contributed by atoms with E-state index in [0.29, 0.717) is 17.8 Å². The van der Waals surface area contributed by atoms with E-state index in [9.17, 15) is 9.90 Å². The van der Waals surface area contributed by atoms with E-state index >= 15 is 0 Å². The van der Waals surface area contributed by atoms with Crippen LogP contribution in [0.2, 0.25) is 0 Å². The number of benzene rings is 2. The van der Waals surface area contributed by atoms with Gasteiger partial charge in [-0.25, -0.2) is 19.7 Å². The van der Waals surface area contributed by atoms with E-state index in [-0.39, 0.29) is 36.5 Å². The Morgan fingerprint density at radius 1 is 1.00 bits per heavy atom. The number of aryl methyl sites for hydroxylation is 3. The maximum absolute atomic E-state index is 11.6. The predicted octanol–water partition coefficient (Wildman–Crippen LogP) is 2.69. The number of hydrogen-bond donors (Lipinski definition) is 1. The van der Waals surface area contributed by atoms with Gasteiger partial charge in [0.2, 0.25) is 0 Å². The van der Waals surface area contributed by atoms with E-state index in [2.05, 4.69) is 36.6 Å². The number of fused-ring (bicyclic) bond motifs is 2. The molecule has 0 amide bonds. The van der Waals surface area contributed by atoms with Gasteiger partial charge in [0.05, 0.1) is 23.3 Å². The molecule has 2 aromatic carbocycles. The molecule has 3 aromatic heterocycles. The molecule has 5 aromatic rings. The van der Waals surface area contributed by atoms with Gasteiger partial charge in [-0.2, -0.15) is 0 Å². The smallest absolute Gasteiger partial charge is 1.00 e. The summed E-state index contributed by atoms with van der Waals surface area (Å²) in [7, 11) is 0. The van der Waals surface area contributed by atoms with Crippen LogP contribution >= 0.6 is 0 Å². The van der Waals surface area contributed by atoms with Crippen LogP contribution in [0.4, 0.5) is 0 Å². The molecule has 0 spiro atoms. The first-order chi connectivity index (χ1) is 15.9. The minimum Gasteiger partial charge on any atom is -1.00 e. The molecule has 0 radical (unpaired) electrons. The van der Waals surface area contributed by atoms with Crippen molar-refractivity contribution in [3.63, 3.8) is 0 Å². The number of imidazole rings is 1. The van der Waals surface area contributed by atoms with Crippen molar-refractivity contribution in [3.8, 4) is 11.3 Å². The van der Waals surface area contributed by atoms with Gasteiger partial charge in [-0.3, -0.25) is 0 Å². The first-order valence-electron chi connectivity index (χ1n) is 11.0. The molecule has 0 aliphatic carbocycles. The molecule has 3 heterocycles. The van der Waals surface area contributed by atoms with Gasteiger partial charge in [-0.05, 0) is 55.3 Å². The van der Waals surface area contributed by atoms with E-state index in [1.165, 1.54) is 0 Å². The van der Waals surface area contributed by atoms with Crippen molar-refractivity contribution < 1.29 is 40.9 Å². The zero-order valence-electron chi connectivity index (χ0n) is 20.8. The topological polar surface area (TPSA) is 80.9 Å². The van der Waals surface area contributed by atoms with Gasteiger partial charge < -0.3 is 11.1 Å². The standard InChI is InChI=1S/C27H24N4O2.Na.H/c1-4-24-30-25-16(2)13-17(3)28-26(25)31(24)15-18-9-11-22-19(14-18)10-12-23(29-22)20-7-5-6-8-21(20)27(32)33;;/h5-14H,4,15H2,1-3H3,(H,32,33);;/q;+1;-1. The summed E-state index contributed by atoms with van der Waals surface area (Å²) in [6, 6.07) is 19.1. The third-order valence-electron chi connectivity index (χ3n) is 5.95. The molecule has 0 saturated heterocycles. The van der Waals surface area contributed by atoms with E-state index in [0.717, 1.165) is 51.1 Å². The van der Waals surface area contributed by atoms with Crippen LogP contribution in [0.5, 0.6) is 0 Å². The number of pyridine rings is 2. The Labute approximate surface area is 221 Å². The summed E-state index contributed by atoms with van der Waals surface area (Å²) in [4.78, 5) is 25.9. The fourth-order valence-electron chi connectivity index (χ4n) is 4.38. The number of carboxylic acids is 1. The number of aromatic carboxylic acids is 1. The monoisotopic (exact) mass is 460 g/mol. The van der Waals surface area contributed by atoms with Gasteiger partial charge in [0, 0.05) is 23.1 Å². The van der Waals surface area contributed by atoms with Crippen LogP contribution < -0.4 is 29.6 Å². The van der Waals surface area contributed by atoms with Gasteiger partial charge in [0.25, 0.3) is 0 Å². The SMILES string of the molecule is CCc1nc2c(C)cc(C)nc2n1Cc1ccc2nc(-c3ccccc3C(=O)O)ccc2c1.[H-].[Na+]. The average Bonchev–Trinajstić information content (AvgIpc) is 3.16. The Morgan fingerprint density at radius 3 is 2.56 bits per heavy atom. The Bertz CT molecular complexity index is 1550. The fourth-order valence-corrected chi connectivity index (χ4v) is 4.38. The molecule has 6 nitrogen and oxygen atoms in total. The number of nitrogens with zero attached hydrogens (tertiary/aromatic N) is 4. The van der Waals surface area contributed by atoms with E-state index in [4.69, 9.17) is 15.0 Å². The zero-order valence-corrected chi connectivity index (χ0v) is 21.8. The molecule has 0 unspecified atom stereocenters. The number of hydrogen-bond acceptors (Lipinski definition) is 4. The Balaban J connectivity index is 0.00000171. The maximum atomic E-state index is 11.6. The van der Waals surface area contributed by atoms with Crippen molar-refractivity contribution in [3.05, 3.63) is 88.9 Å². The maximum Gasteiger partial charge on any atom is 1.00 e. The van der Waals surface area contributed by atoms with Crippen molar-refractivity contribution in [2.75, 3.05) is 0 Å². The summed E-state index contributed by atoms with van der Waals surface area (Å²) in [5, 5.41) is 10.5. The first kappa shape index (κ1) is 24.1. The van der Waals surface area contributed by atoms with Crippen molar-refractivity contribution in [2.45, 2.75) is 33.7 Å². The van der Waals surface area contributed by atoms with Crippen LogP contribution in [-0.4, -0.2) is 30.6 Å². The van der Waals surface area contributed by atoms with Gasteiger partial charge >= 0.3 is 35.5 Å². The second-order valence-electron chi connectivity index (χ2n) is 8.29. The predicted molar refractivity (Wildman–Crippen MR) is 131 cm³/mol. The van der Waals surface area contributed by atoms with E-state index in [1.807, 2.05) is 31.2 Å². The van der Waals surface area contributed by atoms with Crippen LogP contribution in [0.3, 0.4) is 0 Å². The van der Waals surface area contributed by atoms with Crippen molar-refractivity contribution in [2.24, 2.45) is 0 Å². The third kappa shape index (κ3) is 4.37. The Morgan fingerprint density at radius 2 is 1.79 bits per heavy atom. The molecule has 0 saturated carbocycles. The molecular weight excluding hydrogens is 435 g/mol. The normalized spacial score (nSPS) is 11.0. The molecular formula is C27H25N4NaO2. The molecule has 0 aliphatic heterocycles. The van der Waals surface area contributed by atoms with Gasteiger partial charge in [-0.15, -0.1) is 0 Å². The largest absolute Gasteiger partial charge is 1.00 e. The second kappa shape index (κ2) is 9.66. The van der Waals surface area contributed by atoms with E-state index in [1.54, 1.807) is 18.2 Å². The van der Waals surface area contributed by atoms with E-state index < -0.39 is 5.97 Å². The van der Waals surface area contributed by atoms with Gasteiger partial charge in [0.1, 0.15) is 11.3 Å². The van der Waals surface area contributed by atoms with Gasteiger partial charge in [0.15, 0.2) is 5.65 Å². The molecule has 0 fully saturated rings. The molecule has 0 bridgehead atoms. The van der Waals surface area contributed by atoms with Crippen LogP contribution in [0.1, 0.15) is 41.4 Å². The van der Waals surface area contributed by atoms with Crippen LogP contribution in [0.15, 0.2) is 60.7 Å². The van der Waals surface area contributed by atoms with Crippen LogP contribution in [0, 0.1) is 13.8 Å². The van der Waals surface area contributed by atoms with Gasteiger partial charge in [-0.1, -0.05) is 37.3 Å². The van der Waals surface area contributed by atoms with Crippen LogP contribution in [-0.2, 0) is 13.0 Å². The summed E-state index contributed by atoms with van der Waals surface area (Å²) in [6.07, 6.45) is 0.830. The summed E-state index contributed by atoms with van der Waals surface area (Å²) < 4.78 is 2.20.